The van der Waals surface area contributed by atoms with Gasteiger partial charge in [-0.15, -0.1) is 0 Å². The monoisotopic (exact) mass is 407 g/mol. The molecule has 1 aromatic carbocycles. The number of carbonyl (C=O) groups excluding carboxylic acids is 2. The maximum atomic E-state index is 11.4. The number of nitrogens with zero attached hydrogens (tertiary/aromatic N) is 1. The number of benzene rings is 1. The second kappa shape index (κ2) is 6.56. The molecule has 0 aliphatic heterocycles. The van der Waals surface area contributed by atoms with Gasteiger partial charge in [0.05, 0.1) is 11.8 Å². The van der Waals surface area contributed by atoms with E-state index in [9.17, 15) is 9.59 Å². The molecule has 1 aromatic rings. The molecule has 0 saturated heterocycles. The molecule has 0 aromatic heterocycles. The summed E-state index contributed by atoms with van der Waals surface area (Å²) in [5.41, 5.74) is 0.502. The van der Waals surface area contributed by atoms with E-state index in [1.54, 1.807) is 18.2 Å². The third-order valence-corrected chi connectivity index (χ3v) is 3.04. The lowest BCUT2D eigenvalue weighted by Crippen LogP contribution is -2.35. The van der Waals surface area contributed by atoms with E-state index in [0.29, 0.717) is 10.2 Å². The van der Waals surface area contributed by atoms with Crippen LogP contribution >= 0.6 is 38.5 Å². The highest BCUT2D eigenvalue weighted by molar-refractivity contribution is 14.1. The third-order valence-electron chi connectivity index (χ3n) is 1.71. The fraction of sp³-hybridized carbons (Fsp3) is 0.100. The molecule has 1 rings (SSSR count). The number of halogens is 2. The van der Waals surface area contributed by atoms with Crippen molar-refractivity contribution < 1.29 is 9.59 Å². The highest BCUT2D eigenvalue weighted by Gasteiger charge is 2.14. The van der Waals surface area contributed by atoms with Crippen molar-refractivity contribution in [3.63, 3.8) is 0 Å². The molecule has 0 atom stereocenters. The maximum absolute atomic E-state index is 11.4. The molecular weight excluding hydrogens is 401 g/mol. The molecule has 7 heteroatoms. The quantitative estimate of drug-likeness (QED) is 0.444. The molecule has 0 radical (unpaired) electrons. The summed E-state index contributed by atoms with van der Waals surface area (Å²) in [4.78, 5) is 22.6. The van der Waals surface area contributed by atoms with Crippen molar-refractivity contribution in [2.75, 3.05) is 11.9 Å². The summed E-state index contributed by atoms with van der Waals surface area (Å²) in [6.45, 7) is -0.194. The number of amides is 2. The molecule has 88 valence electrons. The first kappa shape index (κ1) is 13.9. The van der Waals surface area contributed by atoms with Crippen LogP contribution in [0.4, 0.5) is 5.69 Å². The number of nitriles is 1. The summed E-state index contributed by atoms with van der Waals surface area (Å²) in [6, 6.07) is 7.00. The Morgan fingerprint density at radius 1 is 1.41 bits per heavy atom. The topological polar surface area (TPSA) is 82.0 Å². The molecule has 0 aliphatic rings. The predicted molar refractivity (Wildman–Crippen MR) is 74.1 cm³/mol. The average Bonchev–Trinajstić information content (AvgIpc) is 2.29. The molecule has 5 nitrogen and oxygen atoms in total. The number of nitrogens with one attached hydrogen (secondary N) is 2. The summed E-state index contributed by atoms with van der Waals surface area (Å²) < 4.78 is 1.69. The van der Waals surface area contributed by atoms with Gasteiger partial charge in [-0.1, -0.05) is 0 Å². The van der Waals surface area contributed by atoms with Gasteiger partial charge in [-0.3, -0.25) is 9.59 Å². The zero-order valence-corrected chi connectivity index (χ0v) is 12.2. The first-order chi connectivity index (χ1) is 8.04. The first-order valence-electron chi connectivity index (χ1n) is 4.45. The Morgan fingerprint density at radius 3 is 2.71 bits per heavy atom. The largest absolute Gasteiger partial charge is 0.335 e. The van der Waals surface area contributed by atoms with Crippen molar-refractivity contribution in [3.05, 3.63) is 26.2 Å². The Labute approximate surface area is 120 Å². The maximum Gasteiger partial charge on any atom is 0.313 e. The number of hydrogen-bond acceptors (Lipinski definition) is 3. The molecule has 0 fully saturated rings. The van der Waals surface area contributed by atoms with Crippen LogP contribution < -0.4 is 10.6 Å². The minimum atomic E-state index is -0.836. The van der Waals surface area contributed by atoms with Gasteiger partial charge in [0.1, 0.15) is 6.54 Å². The Bertz CT molecular complexity index is 499. The minimum Gasteiger partial charge on any atom is -0.335 e. The zero-order chi connectivity index (χ0) is 12.8. The molecular formula is C10H7BrIN3O2. The van der Waals surface area contributed by atoms with Gasteiger partial charge in [-0.25, -0.2) is 0 Å². The Hall–Kier alpha value is -1.14. The van der Waals surface area contributed by atoms with E-state index < -0.39 is 11.8 Å². The fourth-order valence-corrected chi connectivity index (χ4v) is 2.37. The molecule has 2 N–H and O–H groups in total. The lowest BCUT2D eigenvalue weighted by molar-refractivity contribution is -0.136. The first-order valence-corrected chi connectivity index (χ1v) is 6.33. The Morgan fingerprint density at radius 2 is 2.12 bits per heavy atom. The minimum absolute atomic E-state index is 0.194. The van der Waals surface area contributed by atoms with E-state index in [-0.39, 0.29) is 6.54 Å². The van der Waals surface area contributed by atoms with Crippen LogP contribution in [0.5, 0.6) is 0 Å². The van der Waals surface area contributed by atoms with Gasteiger partial charge in [0.25, 0.3) is 0 Å². The van der Waals surface area contributed by atoms with Gasteiger partial charge in [0, 0.05) is 8.04 Å². The number of anilines is 1. The van der Waals surface area contributed by atoms with Crippen molar-refractivity contribution in [3.8, 4) is 6.07 Å². The predicted octanol–water partition coefficient (Wildman–Crippen LogP) is 1.63. The van der Waals surface area contributed by atoms with E-state index in [1.807, 2.05) is 6.07 Å². The van der Waals surface area contributed by atoms with Crippen LogP contribution in [0.25, 0.3) is 0 Å². The standard InChI is InChI=1S/C10H7BrIN3O2/c11-7-5-6(12)1-2-8(7)15-10(17)9(16)14-4-3-13/h1-2,5H,4H2,(H,14,16)(H,15,17). The highest BCUT2D eigenvalue weighted by atomic mass is 127. The van der Waals surface area contributed by atoms with Crippen LogP contribution in [-0.4, -0.2) is 18.4 Å². The number of rotatable bonds is 2. The molecule has 0 spiro atoms. The smallest absolute Gasteiger partial charge is 0.313 e. The second-order valence-electron chi connectivity index (χ2n) is 2.92. The van der Waals surface area contributed by atoms with E-state index in [0.717, 1.165) is 3.57 Å². The summed E-state index contributed by atoms with van der Waals surface area (Å²) >= 11 is 5.40. The van der Waals surface area contributed by atoms with E-state index in [1.165, 1.54) is 0 Å². The van der Waals surface area contributed by atoms with E-state index in [4.69, 9.17) is 5.26 Å². The van der Waals surface area contributed by atoms with Crippen LogP contribution in [0, 0.1) is 14.9 Å². The molecule has 0 heterocycles. The van der Waals surface area contributed by atoms with Crippen LogP contribution in [0.1, 0.15) is 0 Å². The fourth-order valence-electron chi connectivity index (χ4n) is 0.970. The average molecular weight is 408 g/mol. The summed E-state index contributed by atoms with van der Waals surface area (Å²) in [5, 5.41) is 12.8. The third kappa shape index (κ3) is 4.32. The normalized spacial score (nSPS) is 9.24. The highest BCUT2D eigenvalue weighted by Crippen LogP contribution is 2.24. The lowest BCUT2D eigenvalue weighted by Gasteiger charge is -2.06. The van der Waals surface area contributed by atoms with Gasteiger partial charge < -0.3 is 10.6 Å². The Balaban J connectivity index is 2.68. The molecule has 0 aliphatic carbocycles. The Kier molecular flexibility index (Phi) is 5.37. The van der Waals surface area contributed by atoms with Gasteiger partial charge in [-0.2, -0.15) is 5.26 Å². The molecule has 0 saturated carbocycles. The van der Waals surface area contributed by atoms with Gasteiger partial charge in [0.2, 0.25) is 0 Å². The molecule has 0 unspecified atom stereocenters. The SMILES string of the molecule is N#CCNC(=O)C(=O)Nc1ccc(I)cc1Br. The van der Waals surface area contributed by atoms with Crippen molar-refractivity contribution in [2.45, 2.75) is 0 Å². The van der Waals surface area contributed by atoms with Crippen LogP contribution in [-0.2, 0) is 9.59 Å². The van der Waals surface area contributed by atoms with Crippen LogP contribution in [0.3, 0.4) is 0 Å². The van der Waals surface area contributed by atoms with Gasteiger partial charge in [0.15, 0.2) is 0 Å². The summed E-state index contributed by atoms with van der Waals surface area (Å²) in [5.74, 6) is -1.64. The van der Waals surface area contributed by atoms with Crippen molar-refractivity contribution in [1.29, 1.82) is 5.26 Å². The van der Waals surface area contributed by atoms with E-state index >= 15 is 0 Å². The van der Waals surface area contributed by atoms with Gasteiger partial charge >= 0.3 is 11.8 Å². The lowest BCUT2D eigenvalue weighted by atomic mass is 10.3. The molecule has 0 bridgehead atoms. The van der Waals surface area contributed by atoms with E-state index in [2.05, 4.69) is 49.2 Å². The van der Waals surface area contributed by atoms with Crippen molar-refractivity contribution in [1.82, 2.24) is 5.32 Å². The zero-order valence-electron chi connectivity index (χ0n) is 8.46. The second-order valence-corrected chi connectivity index (χ2v) is 5.02. The number of carbonyl (C=O) groups is 2. The van der Waals surface area contributed by atoms with Crippen molar-refractivity contribution >= 4 is 56.0 Å². The summed E-state index contributed by atoms with van der Waals surface area (Å²) in [7, 11) is 0. The van der Waals surface area contributed by atoms with Crippen LogP contribution in [0.2, 0.25) is 0 Å². The van der Waals surface area contributed by atoms with Gasteiger partial charge in [-0.05, 0) is 56.7 Å². The van der Waals surface area contributed by atoms with Crippen LogP contribution in [0.15, 0.2) is 22.7 Å². The number of hydrogen-bond donors (Lipinski definition) is 2. The van der Waals surface area contributed by atoms with Crippen molar-refractivity contribution in [2.24, 2.45) is 0 Å². The molecule has 17 heavy (non-hydrogen) atoms. The summed E-state index contributed by atoms with van der Waals surface area (Å²) in [6.07, 6.45) is 0. The molecule has 2 amide bonds.